The van der Waals surface area contributed by atoms with Crippen molar-refractivity contribution in [3.63, 3.8) is 0 Å². The highest BCUT2D eigenvalue weighted by atomic mass is 19.4. The summed E-state index contributed by atoms with van der Waals surface area (Å²) in [5.74, 6) is -0.256. The number of carbonyl (C=O) groups excluding carboxylic acids is 1. The van der Waals surface area contributed by atoms with Gasteiger partial charge in [-0.05, 0) is 50.6 Å². The van der Waals surface area contributed by atoms with E-state index in [-0.39, 0.29) is 12.5 Å². The Balaban J connectivity index is 1.83. The molecule has 0 bridgehead atoms. The molecule has 0 aliphatic rings. The first-order valence-electron chi connectivity index (χ1n) is 8.73. The molecule has 0 fully saturated rings. The molecular weight excluding hydrogens is 367 g/mol. The van der Waals surface area contributed by atoms with Gasteiger partial charge in [0.1, 0.15) is 0 Å². The number of aromatic nitrogens is 2. The summed E-state index contributed by atoms with van der Waals surface area (Å²) in [6.07, 6.45) is -4.39. The normalized spacial score (nSPS) is 11.5. The summed E-state index contributed by atoms with van der Waals surface area (Å²) < 4.78 is 40.3. The van der Waals surface area contributed by atoms with Crippen molar-refractivity contribution >= 4 is 11.6 Å². The van der Waals surface area contributed by atoms with Crippen molar-refractivity contribution < 1.29 is 18.0 Å². The first-order chi connectivity index (χ1) is 13.1. The Morgan fingerprint density at radius 1 is 1.07 bits per heavy atom. The lowest BCUT2D eigenvalue weighted by Crippen LogP contribution is -2.13. The largest absolute Gasteiger partial charge is 0.416 e. The molecule has 0 radical (unpaired) electrons. The second-order valence-corrected chi connectivity index (χ2v) is 6.73. The molecule has 1 heterocycles. The summed E-state index contributed by atoms with van der Waals surface area (Å²) in [6, 6.07) is 12.4. The van der Waals surface area contributed by atoms with Gasteiger partial charge in [0.05, 0.1) is 29.2 Å². The van der Waals surface area contributed by atoms with E-state index in [1.54, 1.807) is 42.8 Å². The number of hydrogen-bond donors (Lipinski definition) is 1. The van der Waals surface area contributed by atoms with Crippen LogP contribution in [0.3, 0.4) is 0 Å². The van der Waals surface area contributed by atoms with E-state index in [1.165, 1.54) is 6.07 Å². The van der Waals surface area contributed by atoms with Gasteiger partial charge in [-0.3, -0.25) is 9.48 Å². The van der Waals surface area contributed by atoms with Crippen molar-refractivity contribution in [2.75, 3.05) is 5.32 Å². The molecule has 0 spiro atoms. The van der Waals surface area contributed by atoms with E-state index in [9.17, 15) is 18.0 Å². The third-order valence-corrected chi connectivity index (χ3v) is 4.49. The number of hydrogen-bond acceptors (Lipinski definition) is 2. The number of nitrogens with one attached hydrogen (secondary N) is 1. The lowest BCUT2D eigenvalue weighted by Gasteiger charge is -2.10. The minimum Gasteiger partial charge on any atom is -0.319 e. The molecule has 1 N–H and O–H groups in total. The van der Waals surface area contributed by atoms with E-state index in [2.05, 4.69) is 10.4 Å². The van der Waals surface area contributed by atoms with Gasteiger partial charge in [-0.25, -0.2) is 0 Å². The van der Waals surface area contributed by atoms with Gasteiger partial charge in [-0.1, -0.05) is 29.8 Å². The molecule has 3 rings (SSSR count). The SMILES string of the molecule is Cc1cccc(C(=O)Nc2c(C)nn(Cc3cccc(C(F)(F)F)c3)c2C)c1. The maximum Gasteiger partial charge on any atom is 0.416 e. The molecule has 2 aromatic carbocycles. The van der Waals surface area contributed by atoms with Crippen molar-refractivity contribution in [1.29, 1.82) is 0 Å². The average molecular weight is 387 g/mol. The average Bonchev–Trinajstić information content (AvgIpc) is 2.88. The lowest BCUT2D eigenvalue weighted by molar-refractivity contribution is -0.137. The molecule has 3 aromatic rings. The number of benzene rings is 2. The minimum atomic E-state index is -4.39. The highest BCUT2D eigenvalue weighted by Crippen LogP contribution is 2.30. The number of alkyl halides is 3. The fourth-order valence-corrected chi connectivity index (χ4v) is 3.02. The molecule has 0 atom stereocenters. The predicted octanol–water partition coefficient (Wildman–Crippen LogP) is 5.13. The number of anilines is 1. The van der Waals surface area contributed by atoms with Crippen LogP contribution in [0, 0.1) is 20.8 Å². The lowest BCUT2D eigenvalue weighted by atomic mass is 10.1. The molecular formula is C21H20F3N3O. The second-order valence-electron chi connectivity index (χ2n) is 6.73. The molecule has 1 aromatic heterocycles. The summed E-state index contributed by atoms with van der Waals surface area (Å²) in [5.41, 5.74) is 3.14. The minimum absolute atomic E-state index is 0.177. The third kappa shape index (κ3) is 4.24. The fraction of sp³-hybridized carbons (Fsp3) is 0.238. The van der Waals surface area contributed by atoms with Crippen molar-refractivity contribution in [2.45, 2.75) is 33.5 Å². The number of carbonyl (C=O) groups is 1. The maximum atomic E-state index is 12.9. The Morgan fingerprint density at radius 2 is 1.79 bits per heavy atom. The molecule has 0 saturated carbocycles. The van der Waals surface area contributed by atoms with Gasteiger partial charge in [-0.2, -0.15) is 18.3 Å². The van der Waals surface area contributed by atoms with E-state index < -0.39 is 11.7 Å². The van der Waals surface area contributed by atoms with Crippen molar-refractivity contribution in [1.82, 2.24) is 9.78 Å². The van der Waals surface area contributed by atoms with Crippen LogP contribution < -0.4 is 5.32 Å². The van der Waals surface area contributed by atoms with E-state index in [4.69, 9.17) is 0 Å². The monoisotopic (exact) mass is 387 g/mol. The Kier molecular flexibility index (Phi) is 5.27. The van der Waals surface area contributed by atoms with Crippen LogP contribution in [0.15, 0.2) is 48.5 Å². The fourth-order valence-electron chi connectivity index (χ4n) is 3.02. The molecule has 0 unspecified atom stereocenters. The van der Waals surface area contributed by atoms with Gasteiger partial charge >= 0.3 is 6.18 Å². The summed E-state index contributed by atoms with van der Waals surface area (Å²) >= 11 is 0. The van der Waals surface area contributed by atoms with Crippen molar-refractivity contribution in [3.05, 3.63) is 82.2 Å². The zero-order valence-corrected chi connectivity index (χ0v) is 15.8. The van der Waals surface area contributed by atoms with Crippen LogP contribution in [-0.2, 0) is 12.7 Å². The first-order valence-corrected chi connectivity index (χ1v) is 8.73. The van der Waals surface area contributed by atoms with Crippen LogP contribution in [0.25, 0.3) is 0 Å². The van der Waals surface area contributed by atoms with Gasteiger partial charge < -0.3 is 5.32 Å². The van der Waals surface area contributed by atoms with Gasteiger partial charge in [0.2, 0.25) is 0 Å². The molecule has 1 amide bonds. The molecule has 0 aliphatic carbocycles. The van der Waals surface area contributed by atoms with Crippen molar-refractivity contribution in [2.24, 2.45) is 0 Å². The molecule has 0 saturated heterocycles. The van der Waals surface area contributed by atoms with E-state index in [0.29, 0.717) is 28.2 Å². The quantitative estimate of drug-likeness (QED) is 0.675. The van der Waals surface area contributed by atoms with Gasteiger partial charge in [0, 0.05) is 5.56 Å². The van der Waals surface area contributed by atoms with E-state index in [0.717, 1.165) is 17.7 Å². The number of nitrogens with zero attached hydrogens (tertiary/aromatic N) is 2. The summed E-state index contributed by atoms with van der Waals surface area (Å²) in [4.78, 5) is 12.5. The zero-order chi connectivity index (χ0) is 20.5. The van der Waals surface area contributed by atoms with E-state index in [1.807, 2.05) is 13.0 Å². The predicted molar refractivity (Wildman–Crippen MR) is 101 cm³/mol. The molecule has 28 heavy (non-hydrogen) atoms. The standard InChI is InChI=1S/C21H20F3N3O/c1-13-6-4-8-17(10-13)20(28)25-19-14(2)26-27(15(19)3)12-16-7-5-9-18(11-16)21(22,23)24/h4-11H,12H2,1-3H3,(H,25,28). The van der Waals surface area contributed by atoms with Crippen LogP contribution in [-0.4, -0.2) is 15.7 Å². The highest BCUT2D eigenvalue weighted by Gasteiger charge is 2.30. The Hall–Kier alpha value is -3.09. The van der Waals surface area contributed by atoms with Crippen LogP contribution >= 0.6 is 0 Å². The van der Waals surface area contributed by atoms with Crippen LogP contribution in [0.1, 0.15) is 38.4 Å². The van der Waals surface area contributed by atoms with E-state index >= 15 is 0 Å². The first kappa shape index (κ1) is 19.7. The van der Waals surface area contributed by atoms with Gasteiger partial charge in [-0.15, -0.1) is 0 Å². The van der Waals surface area contributed by atoms with Crippen LogP contribution in [0.2, 0.25) is 0 Å². The summed E-state index contributed by atoms with van der Waals surface area (Å²) in [6.45, 7) is 5.61. The number of amides is 1. The van der Waals surface area contributed by atoms with Gasteiger partial charge in [0.25, 0.3) is 5.91 Å². The van der Waals surface area contributed by atoms with Crippen LogP contribution in [0.4, 0.5) is 18.9 Å². The van der Waals surface area contributed by atoms with Crippen LogP contribution in [0.5, 0.6) is 0 Å². The summed E-state index contributed by atoms with van der Waals surface area (Å²) in [5, 5.41) is 7.24. The number of aryl methyl sites for hydroxylation is 2. The molecule has 0 aliphatic heterocycles. The Labute approximate surface area is 161 Å². The maximum absolute atomic E-state index is 12.9. The Bertz CT molecular complexity index is 1020. The summed E-state index contributed by atoms with van der Waals surface area (Å²) in [7, 11) is 0. The van der Waals surface area contributed by atoms with Crippen molar-refractivity contribution in [3.8, 4) is 0 Å². The number of halogens is 3. The topological polar surface area (TPSA) is 46.9 Å². The molecule has 7 heteroatoms. The number of rotatable bonds is 4. The third-order valence-electron chi connectivity index (χ3n) is 4.49. The molecule has 146 valence electrons. The highest BCUT2D eigenvalue weighted by molar-refractivity contribution is 6.04. The Morgan fingerprint density at radius 3 is 2.46 bits per heavy atom. The van der Waals surface area contributed by atoms with Gasteiger partial charge in [0.15, 0.2) is 0 Å². The smallest absolute Gasteiger partial charge is 0.319 e. The molecule has 4 nitrogen and oxygen atoms in total. The second kappa shape index (κ2) is 7.50. The zero-order valence-electron chi connectivity index (χ0n) is 15.8.